The van der Waals surface area contributed by atoms with Crippen molar-refractivity contribution in [1.29, 1.82) is 0 Å². The molecule has 2 aromatic rings. The quantitative estimate of drug-likeness (QED) is 0.911. The van der Waals surface area contributed by atoms with Crippen LogP contribution < -0.4 is 10.1 Å². The summed E-state index contributed by atoms with van der Waals surface area (Å²) in [5.41, 5.74) is 2.86. The van der Waals surface area contributed by atoms with E-state index in [0.29, 0.717) is 17.9 Å². The SMILES string of the molecule is COc1ccccc1NC(=O)Cc1cccc(C)c1. The maximum Gasteiger partial charge on any atom is 0.228 e. The normalized spacial score (nSPS) is 10.0. The van der Waals surface area contributed by atoms with E-state index in [-0.39, 0.29) is 5.91 Å². The molecule has 0 aliphatic heterocycles. The number of rotatable bonds is 4. The molecule has 0 saturated heterocycles. The zero-order chi connectivity index (χ0) is 13.7. The van der Waals surface area contributed by atoms with E-state index in [2.05, 4.69) is 5.32 Å². The van der Waals surface area contributed by atoms with Crippen LogP contribution in [0.4, 0.5) is 5.69 Å². The van der Waals surface area contributed by atoms with Crippen LogP contribution in [-0.4, -0.2) is 13.0 Å². The summed E-state index contributed by atoms with van der Waals surface area (Å²) >= 11 is 0. The number of nitrogens with one attached hydrogen (secondary N) is 1. The second-order valence-corrected chi connectivity index (χ2v) is 4.41. The minimum absolute atomic E-state index is 0.0462. The van der Waals surface area contributed by atoms with Crippen molar-refractivity contribution in [2.24, 2.45) is 0 Å². The summed E-state index contributed by atoms with van der Waals surface area (Å²) < 4.78 is 5.20. The molecule has 0 atom stereocenters. The smallest absolute Gasteiger partial charge is 0.228 e. The van der Waals surface area contributed by atoms with Crippen LogP contribution in [0.3, 0.4) is 0 Å². The third-order valence-corrected chi connectivity index (χ3v) is 2.83. The predicted molar refractivity (Wildman–Crippen MR) is 76.5 cm³/mol. The van der Waals surface area contributed by atoms with Gasteiger partial charge in [-0.3, -0.25) is 4.79 Å². The molecule has 1 amide bonds. The molecule has 0 aromatic heterocycles. The maximum atomic E-state index is 12.0. The number of benzene rings is 2. The lowest BCUT2D eigenvalue weighted by Gasteiger charge is -2.10. The summed E-state index contributed by atoms with van der Waals surface area (Å²) in [5.74, 6) is 0.621. The van der Waals surface area contributed by atoms with E-state index < -0.39 is 0 Å². The number of aryl methyl sites for hydroxylation is 1. The molecule has 0 aliphatic rings. The van der Waals surface area contributed by atoms with Gasteiger partial charge in [0.1, 0.15) is 5.75 Å². The van der Waals surface area contributed by atoms with Crippen LogP contribution in [-0.2, 0) is 11.2 Å². The summed E-state index contributed by atoms with van der Waals surface area (Å²) in [6.07, 6.45) is 0.361. The van der Waals surface area contributed by atoms with Gasteiger partial charge in [0.2, 0.25) is 5.91 Å². The molecule has 0 spiro atoms. The Morgan fingerprint density at radius 3 is 2.68 bits per heavy atom. The van der Waals surface area contributed by atoms with Gasteiger partial charge >= 0.3 is 0 Å². The van der Waals surface area contributed by atoms with E-state index in [9.17, 15) is 4.79 Å². The van der Waals surface area contributed by atoms with Gasteiger partial charge in [-0.1, -0.05) is 42.0 Å². The van der Waals surface area contributed by atoms with Gasteiger partial charge < -0.3 is 10.1 Å². The van der Waals surface area contributed by atoms with E-state index in [1.807, 2.05) is 55.5 Å². The lowest BCUT2D eigenvalue weighted by molar-refractivity contribution is -0.115. The van der Waals surface area contributed by atoms with Crippen molar-refractivity contribution in [2.45, 2.75) is 13.3 Å². The Labute approximate surface area is 113 Å². The van der Waals surface area contributed by atoms with Crippen LogP contribution >= 0.6 is 0 Å². The summed E-state index contributed by atoms with van der Waals surface area (Å²) in [5, 5.41) is 2.87. The molecule has 0 unspecified atom stereocenters. The van der Waals surface area contributed by atoms with E-state index in [0.717, 1.165) is 11.1 Å². The molecule has 0 saturated carbocycles. The molecule has 2 rings (SSSR count). The Balaban J connectivity index is 2.05. The molecule has 98 valence electrons. The molecular weight excluding hydrogens is 238 g/mol. The van der Waals surface area contributed by atoms with Gasteiger partial charge in [-0.05, 0) is 24.6 Å². The zero-order valence-corrected chi connectivity index (χ0v) is 11.1. The van der Waals surface area contributed by atoms with Gasteiger partial charge in [0.05, 0.1) is 19.2 Å². The second kappa shape index (κ2) is 6.05. The number of hydrogen-bond acceptors (Lipinski definition) is 2. The van der Waals surface area contributed by atoms with E-state index >= 15 is 0 Å². The zero-order valence-electron chi connectivity index (χ0n) is 11.1. The molecule has 0 aliphatic carbocycles. The van der Waals surface area contributed by atoms with Crippen molar-refractivity contribution in [2.75, 3.05) is 12.4 Å². The van der Waals surface area contributed by atoms with Crippen molar-refractivity contribution >= 4 is 11.6 Å². The molecule has 0 bridgehead atoms. The second-order valence-electron chi connectivity index (χ2n) is 4.41. The number of amides is 1. The van der Waals surface area contributed by atoms with E-state index in [1.165, 1.54) is 0 Å². The average molecular weight is 255 g/mol. The standard InChI is InChI=1S/C16H17NO2/c1-12-6-5-7-13(10-12)11-16(18)17-14-8-3-4-9-15(14)19-2/h3-10H,11H2,1-2H3,(H,17,18). The fourth-order valence-corrected chi connectivity index (χ4v) is 1.95. The highest BCUT2D eigenvalue weighted by Crippen LogP contribution is 2.23. The molecule has 19 heavy (non-hydrogen) atoms. The van der Waals surface area contributed by atoms with Crippen LogP contribution in [0.5, 0.6) is 5.75 Å². The van der Waals surface area contributed by atoms with Crippen molar-refractivity contribution < 1.29 is 9.53 Å². The molecule has 2 aromatic carbocycles. The van der Waals surface area contributed by atoms with Crippen molar-refractivity contribution in [1.82, 2.24) is 0 Å². The van der Waals surface area contributed by atoms with Gasteiger partial charge in [0.25, 0.3) is 0 Å². The Bertz CT molecular complexity index is 578. The Morgan fingerprint density at radius 2 is 1.95 bits per heavy atom. The molecule has 0 heterocycles. The van der Waals surface area contributed by atoms with Crippen molar-refractivity contribution in [3.05, 3.63) is 59.7 Å². The first-order chi connectivity index (χ1) is 9.19. The number of carbonyl (C=O) groups is 1. The molecule has 3 heteroatoms. The van der Waals surface area contributed by atoms with Crippen LogP contribution in [0.25, 0.3) is 0 Å². The molecule has 3 nitrogen and oxygen atoms in total. The highest BCUT2D eigenvalue weighted by atomic mass is 16.5. The third kappa shape index (κ3) is 3.58. The number of ether oxygens (including phenoxy) is 1. The lowest BCUT2D eigenvalue weighted by atomic mass is 10.1. The van der Waals surface area contributed by atoms with Gasteiger partial charge in [-0.25, -0.2) is 0 Å². The van der Waals surface area contributed by atoms with Gasteiger partial charge in [-0.15, -0.1) is 0 Å². The highest BCUT2D eigenvalue weighted by molar-refractivity contribution is 5.93. The Morgan fingerprint density at radius 1 is 1.16 bits per heavy atom. The summed E-state index contributed by atoms with van der Waals surface area (Å²) in [7, 11) is 1.59. The van der Waals surface area contributed by atoms with E-state index in [1.54, 1.807) is 7.11 Å². The van der Waals surface area contributed by atoms with Crippen LogP contribution in [0.15, 0.2) is 48.5 Å². The topological polar surface area (TPSA) is 38.3 Å². The number of anilines is 1. The molecule has 1 N–H and O–H groups in total. The predicted octanol–water partition coefficient (Wildman–Crippen LogP) is 3.18. The van der Waals surface area contributed by atoms with Crippen LogP contribution in [0.2, 0.25) is 0 Å². The van der Waals surface area contributed by atoms with Crippen LogP contribution in [0.1, 0.15) is 11.1 Å². The maximum absolute atomic E-state index is 12.0. The first-order valence-corrected chi connectivity index (χ1v) is 6.17. The minimum atomic E-state index is -0.0462. The molecule has 0 fully saturated rings. The Hall–Kier alpha value is -2.29. The molecule has 0 radical (unpaired) electrons. The first-order valence-electron chi connectivity index (χ1n) is 6.17. The molecular formula is C16H17NO2. The van der Waals surface area contributed by atoms with Gasteiger partial charge in [-0.2, -0.15) is 0 Å². The fourth-order valence-electron chi connectivity index (χ4n) is 1.95. The number of hydrogen-bond donors (Lipinski definition) is 1. The first kappa shape index (κ1) is 13.1. The number of methoxy groups -OCH3 is 1. The summed E-state index contributed by atoms with van der Waals surface area (Å²) in [6, 6.07) is 15.3. The Kier molecular flexibility index (Phi) is 4.18. The summed E-state index contributed by atoms with van der Waals surface area (Å²) in [6.45, 7) is 2.02. The van der Waals surface area contributed by atoms with Gasteiger partial charge in [0, 0.05) is 0 Å². The number of para-hydroxylation sites is 2. The fraction of sp³-hybridized carbons (Fsp3) is 0.188. The largest absolute Gasteiger partial charge is 0.495 e. The third-order valence-electron chi connectivity index (χ3n) is 2.83. The van der Waals surface area contributed by atoms with Crippen LogP contribution in [0, 0.1) is 6.92 Å². The van der Waals surface area contributed by atoms with Crippen molar-refractivity contribution in [3.63, 3.8) is 0 Å². The van der Waals surface area contributed by atoms with E-state index in [4.69, 9.17) is 4.74 Å². The average Bonchev–Trinajstić information content (AvgIpc) is 2.39. The lowest BCUT2D eigenvalue weighted by Crippen LogP contribution is -2.15. The highest BCUT2D eigenvalue weighted by Gasteiger charge is 2.07. The number of carbonyl (C=O) groups excluding carboxylic acids is 1. The van der Waals surface area contributed by atoms with Gasteiger partial charge in [0.15, 0.2) is 0 Å². The summed E-state index contributed by atoms with van der Waals surface area (Å²) in [4.78, 5) is 12.0. The monoisotopic (exact) mass is 255 g/mol. The minimum Gasteiger partial charge on any atom is -0.495 e. The van der Waals surface area contributed by atoms with Crippen molar-refractivity contribution in [3.8, 4) is 5.75 Å².